The zero-order chi connectivity index (χ0) is 21.5. The standard InChI is InChI=1S/C25H21N5O2/c31-24-19-7-10-26-16-20(19)25(32-24)8-12-30(13-9-25)23-15-22(28-29-23)18-6-11-27-21(14-18)17-4-2-1-3-5-17/h1-7,10-11,14-16H,8-9,12-13H2,(H,28,29). The molecule has 7 nitrogen and oxygen atoms in total. The van der Waals surface area contributed by atoms with Crippen molar-refractivity contribution in [3.05, 3.63) is 84.3 Å². The molecule has 1 spiro atoms. The van der Waals surface area contributed by atoms with Crippen LogP contribution in [-0.2, 0) is 10.3 Å². The van der Waals surface area contributed by atoms with E-state index in [4.69, 9.17) is 4.74 Å². The number of nitrogens with zero attached hydrogens (tertiary/aromatic N) is 4. The molecule has 1 N–H and O–H groups in total. The minimum Gasteiger partial charge on any atom is -0.450 e. The van der Waals surface area contributed by atoms with E-state index in [1.807, 2.05) is 30.5 Å². The molecule has 32 heavy (non-hydrogen) atoms. The molecule has 0 atom stereocenters. The molecular weight excluding hydrogens is 402 g/mol. The van der Waals surface area contributed by atoms with E-state index in [2.05, 4.69) is 49.3 Å². The highest BCUT2D eigenvalue weighted by molar-refractivity contribution is 5.94. The van der Waals surface area contributed by atoms with E-state index in [9.17, 15) is 4.79 Å². The number of nitrogens with one attached hydrogen (secondary N) is 1. The Morgan fingerprint density at radius 1 is 0.969 bits per heavy atom. The smallest absolute Gasteiger partial charge is 0.339 e. The summed E-state index contributed by atoms with van der Waals surface area (Å²) in [6.45, 7) is 1.50. The molecule has 2 aliphatic rings. The number of ether oxygens (including phenoxy) is 1. The second kappa shape index (κ2) is 7.30. The minimum absolute atomic E-state index is 0.246. The van der Waals surface area contributed by atoms with Gasteiger partial charge in [-0.05, 0) is 18.2 Å². The number of piperidine rings is 1. The van der Waals surface area contributed by atoms with Crippen LogP contribution >= 0.6 is 0 Å². The van der Waals surface area contributed by atoms with Gasteiger partial charge >= 0.3 is 5.97 Å². The average Bonchev–Trinajstić information content (AvgIpc) is 3.45. The van der Waals surface area contributed by atoms with Crippen LogP contribution in [0.25, 0.3) is 22.5 Å². The average molecular weight is 423 g/mol. The number of benzene rings is 1. The molecule has 0 bridgehead atoms. The Bertz CT molecular complexity index is 1290. The molecule has 1 saturated heterocycles. The number of fused-ring (bicyclic) bond motifs is 2. The van der Waals surface area contributed by atoms with Gasteiger partial charge in [-0.1, -0.05) is 30.3 Å². The van der Waals surface area contributed by atoms with E-state index < -0.39 is 5.60 Å². The molecule has 2 aliphatic heterocycles. The fourth-order valence-electron chi connectivity index (χ4n) is 4.68. The molecule has 1 aromatic carbocycles. The quantitative estimate of drug-likeness (QED) is 0.497. The van der Waals surface area contributed by atoms with Gasteiger partial charge in [-0.15, -0.1) is 0 Å². The predicted molar refractivity (Wildman–Crippen MR) is 120 cm³/mol. The first-order chi connectivity index (χ1) is 15.7. The van der Waals surface area contributed by atoms with Crippen molar-refractivity contribution in [1.82, 2.24) is 20.2 Å². The number of carbonyl (C=O) groups is 1. The molecule has 158 valence electrons. The maximum Gasteiger partial charge on any atom is 0.339 e. The zero-order valence-corrected chi connectivity index (χ0v) is 17.4. The zero-order valence-electron chi connectivity index (χ0n) is 17.4. The number of aromatic nitrogens is 4. The lowest BCUT2D eigenvalue weighted by Crippen LogP contribution is -2.43. The van der Waals surface area contributed by atoms with E-state index in [0.717, 1.165) is 47.0 Å². The highest BCUT2D eigenvalue weighted by atomic mass is 16.6. The first-order valence-corrected chi connectivity index (χ1v) is 10.7. The number of carbonyl (C=O) groups excluding carboxylic acids is 1. The van der Waals surface area contributed by atoms with Gasteiger partial charge in [-0.25, -0.2) is 4.79 Å². The summed E-state index contributed by atoms with van der Waals surface area (Å²) in [7, 11) is 0. The van der Waals surface area contributed by atoms with Crippen LogP contribution < -0.4 is 4.90 Å². The van der Waals surface area contributed by atoms with Crippen molar-refractivity contribution in [2.75, 3.05) is 18.0 Å². The third-order valence-electron chi connectivity index (χ3n) is 6.42. The topological polar surface area (TPSA) is 84.0 Å². The van der Waals surface area contributed by atoms with Crippen molar-refractivity contribution in [1.29, 1.82) is 0 Å². The molecule has 0 amide bonds. The second-order valence-corrected chi connectivity index (χ2v) is 8.23. The molecular formula is C25H21N5O2. The van der Waals surface area contributed by atoms with Gasteiger partial charge in [0.05, 0.1) is 17.0 Å². The lowest BCUT2D eigenvalue weighted by Gasteiger charge is -2.38. The van der Waals surface area contributed by atoms with Gasteiger partial charge in [0.25, 0.3) is 0 Å². The first kappa shape index (κ1) is 18.7. The lowest BCUT2D eigenvalue weighted by molar-refractivity contribution is -0.0212. The SMILES string of the molecule is O=C1OC2(CCN(c3cc(-c4ccnc(-c5ccccc5)c4)[nH]n3)CC2)c2cnccc21. The molecule has 1 fully saturated rings. The largest absolute Gasteiger partial charge is 0.450 e. The van der Waals surface area contributed by atoms with Gasteiger partial charge < -0.3 is 9.64 Å². The fraction of sp³-hybridized carbons (Fsp3) is 0.200. The highest BCUT2D eigenvalue weighted by Gasteiger charge is 2.47. The number of hydrogen-bond donors (Lipinski definition) is 1. The normalized spacial score (nSPS) is 16.8. The van der Waals surface area contributed by atoms with Crippen molar-refractivity contribution in [3.8, 4) is 22.5 Å². The molecule has 0 unspecified atom stereocenters. The van der Waals surface area contributed by atoms with Crippen LogP contribution in [0.1, 0.15) is 28.8 Å². The van der Waals surface area contributed by atoms with Crippen molar-refractivity contribution < 1.29 is 9.53 Å². The van der Waals surface area contributed by atoms with Crippen LogP contribution in [-0.4, -0.2) is 39.2 Å². The van der Waals surface area contributed by atoms with Crippen molar-refractivity contribution >= 4 is 11.8 Å². The van der Waals surface area contributed by atoms with Crippen LogP contribution in [0.15, 0.2) is 73.2 Å². The Kier molecular flexibility index (Phi) is 4.28. The van der Waals surface area contributed by atoms with E-state index in [1.165, 1.54) is 0 Å². The molecule has 4 aromatic rings. The fourth-order valence-corrected chi connectivity index (χ4v) is 4.68. The van der Waals surface area contributed by atoms with E-state index in [0.29, 0.717) is 18.4 Å². The Morgan fingerprint density at radius 3 is 2.66 bits per heavy atom. The first-order valence-electron chi connectivity index (χ1n) is 10.7. The number of rotatable bonds is 3. The number of aromatic amines is 1. The van der Waals surface area contributed by atoms with Crippen molar-refractivity contribution in [2.24, 2.45) is 0 Å². The summed E-state index contributed by atoms with van der Waals surface area (Å²) < 4.78 is 5.83. The number of esters is 1. The molecule has 0 aliphatic carbocycles. The third kappa shape index (κ3) is 3.05. The Morgan fingerprint density at radius 2 is 1.81 bits per heavy atom. The summed E-state index contributed by atoms with van der Waals surface area (Å²) >= 11 is 0. The van der Waals surface area contributed by atoms with Crippen LogP contribution in [0.3, 0.4) is 0 Å². The van der Waals surface area contributed by atoms with Gasteiger partial charge in [0.1, 0.15) is 5.60 Å². The molecule has 0 saturated carbocycles. The molecule has 5 heterocycles. The van der Waals surface area contributed by atoms with E-state index >= 15 is 0 Å². The van der Waals surface area contributed by atoms with Gasteiger partial charge in [-0.2, -0.15) is 5.10 Å². The maximum absolute atomic E-state index is 12.3. The van der Waals surface area contributed by atoms with Crippen LogP contribution in [0.4, 0.5) is 5.82 Å². The number of H-pyrrole nitrogens is 1. The van der Waals surface area contributed by atoms with Crippen LogP contribution in [0, 0.1) is 0 Å². The Balaban J connectivity index is 1.21. The molecule has 0 radical (unpaired) electrons. The monoisotopic (exact) mass is 423 g/mol. The lowest BCUT2D eigenvalue weighted by atomic mass is 9.85. The van der Waals surface area contributed by atoms with Crippen molar-refractivity contribution in [2.45, 2.75) is 18.4 Å². The Labute approximate surface area is 185 Å². The number of anilines is 1. The van der Waals surface area contributed by atoms with Crippen LogP contribution in [0.2, 0.25) is 0 Å². The summed E-state index contributed by atoms with van der Waals surface area (Å²) in [4.78, 5) is 23.2. The summed E-state index contributed by atoms with van der Waals surface area (Å²) in [6, 6.07) is 18.0. The molecule has 6 rings (SSSR count). The Hall–Kier alpha value is -4.00. The molecule has 3 aromatic heterocycles. The van der Waals surface area contributed by atoms with E-state index in [-0.39, 0.29) is 5.97 Å². The van der Waals surface area contributed by atoms with E-state index in [1.54, 1.807) is 18.5 Å². The minimum atomic E-state index is -0.563. The predicted octanol–water partition coefficient (Wildman–Crippen LogP) is 4.20. The third-order valence-corrected chi connectivity index (χ3v) is 6.42. The van der Waals surface area contributed by atoms with Gasteiger partial charge in [0.2, 0.25) is 0 Å². The van der Waals surface area contributed by atoms with Crippen molar-refractivity contribution in [3.63, 3.8) is 0 Å². The van der Waals surface area contributed by atoms with Gasteiger partial charge in [-0.3, -0.25) is 15.1 Å². The van der Waals surface area contributed by atoms with Crippen LogP contribution in [0.5, 0.6) is 0 Å². The number of hydrogen-bond acceptors (Lipinski definition) is 6. The number of pyridine rings is 2. The van der Waals surface area contributed by atoms with Gasteiger partial charge in [0, 0.05) is 67.3 Å². The molecule has 7 heteroatoms. The van der Waals surface area contributed by atoms with Gasteiger partial charge in [0.15, 0.2) is 5.82 Å². The summed E-state index contributed by atoms with van der Waals surface area (Å²) in [5, 5.41) is 7.72. The summed E-state index contributed by atoms with van der Waals surface area (Å²) in [5.74, 6) is 0.647. The second-order valence-electron chi connectivity index (χ2n) is 8.23. The summed E-state index contributed by atoms with van der Waals surface area (Å²) in [6.07, 6.45) is 6.67. The highest BCUT2D eigenvalue weighted by Crippen LogP contribution is 2.44. The maximum atomic E-state index is 12.3. The summed E-state index contributed by atoms with van der Waals surface area (Å²) in [5.41, 5.74) is 4.98.